The largest absolute Gasteiger partial charge is 0.481 e. The van der Waals surface area contributed by atoms with Crippen LogP contribution >= 0.6 is 0 Å². The summed E-state index contributed by atoms with van der Waals surface area (Å²) in [6.45, 7) is 4.22. The summed E-state index contributed by atoms with van der Waals surface area (Å²) >= 11 is 0. The Morgan fingerprint density at radius 2 is 1.95 bits per heavy atom. The number of hydrogen-bond acceptors (Lipinski definition) is 2. The van der Waals surface area contributed by atoms with Gasteiger partial charge in [0, 0.05) is 25.7 Å². The Labute approximate surface area is 120 Å². The summed E-state index contributed by atoms with van der Waals surface area (Å²) in [5.41, 5.74) is 0. The SMILES string of the molecule is CCC1CCCN(C(=O)N(CCC(=O)O)C2CC2)CC1. The Balaban J connectivity index is 1.91. The fourth-order valence-corrected chi connectivity index (χ4v) is 2.98. The molecule has 0 spiro atoms. The van der Waals surface area contributed by atoms with Crippen LogP contribution in [-0.4, -0.2) is 52.6 Å². The maximum Gasteiger partial charge on any atom is 0.320 e. The van der Waals surface area contributed by atoms with Crippen LogP contribution in [0, 0.1) is 5.92 Å². The lowest BCUT2D eigenvalue weighted by molar-refractivity contribution is -0.137. The summed E-state index contributed by atoms with van der Waals surface area (Å²) in [4.78, 5) is 27.1. The van der Waals surface area contributed by atoms with Crippen molar-refractivity contribution < 1.29 is 14.7 Å². The molecule has 1 saturated heterocycles. The molecule has 0 bridgehead atoms. The van der Waals surface area contributed by atoms with Gasteiger partial charge >= 0.3 is 12.0 Å². The standard InChI is InChI=1S/C15H26N2O3/c1-2-12-4-3-9-16(10-7-12)15(20)17(13-5-6-13)11-8-14(18)19/h12-13H,2-11H2,1H3,(H,18,19). The van der Waals surface area contributed by atoms with E-state index in [1.165, 1.54) is 12.8 Å². The molecular formula is C15H26N2O3. The van der Waals surface area contributed by atoms with Gasteiger partial charge in [-0.3, -0.25) is 4.79 Å². The lowest BCUT2D eigenvalue weighted by Crippen LogP contribution is -2.45. The molecule has 2 rings (SSSR count). The number of carbonyl (C=O) groups excluding carboxylic acids is 1. The number of urea groups is 1. The van der Waals surface area contributed by atoms with Crippen LogP contribution < -0.4 is 0 Å². The molecule has 2 amide bonds. The first-order valence-electron chi connectivity index (χ1n) is 7.89. The molecule has 1 N–H and O–H groups in total. The van der Waals surface area contributed by atoms with Gasteiger partial charge < -0.3 is 14.9 Å². The van der Waals surface area contributed by atoms with Crippen LogP contribution in [-0.2, 0) is 4.79 Å². The van der Waals surface area contributed by atoms with E-state index in [1.54, 1.807) is 4.90 Å². The van der Waals surface area contributed by atoms with Gasteiger partial charge in [-0.1, -0.05) is 13.3 Å². The number of aliphatic carboxylic acids is 1. The maximum absolute atomic E-state index is 12.6. The first-order valence-corrected chi connectivity index (χ1v) is 7.89. The Bertz CT molecular complexity index is 355. The molecule has 2 aliphatic rings. The van der Waals surface area contributed by atoms with Crippen LogP contribution in [0.5, 0.6) is 0 Å². The number of rotatable bonds is 5. The predicted octanol–water partition coefficient (Wildman–Crippen LogP) is 2.56. The van der Waals surface area contributed by atoms with Crippen molar-refractivity contribution in [3.8, 4) is 0 Å². The highest BCUT2D eigenvalue weighted by Crippen LogP contribution is 2.29. The molecule has 1 saturated carbocycles. The highest BCUT2D eigenvalue weighted by molar-refractivity contribution is 5.76. The van der Waals surface area contributed by atoms with Crippen molar-refractivity contribution in [2.24, 2.45) is 5.92 Å². The molecule has 0 radical (unpaired) electrons. The lowest BCUT2D eigenvalue weighted by Gasteiger charge is -2.30. The van der Waals surface area contributed by atoms with Gasteiger partial charge in [-0.05, 0) is 38.0 Å². The molecule has 0 aromatic rings. The smallest absolute Gasteiger partial charge is 0.320 e. The van der Waals surface area contributed by atoms with E-state index in [4.69, 9.17) is 5.11 Å². The minimum atomic E-state index is -0.828. The Morgan fingerprint density at radius 1 is 1.20 bits per heavy atom. The third kappa shape index (κ3) is 4.12. The summed E-state index contributed by atoms with van der Waals surface area (Å²) < 4.78 is 0. The third-order valence-electron chi connectivity index (χ3n) is 4.50. The average molecular weight is 282 g/mol. The van der Waals surface area contributed by atoms with E-state index in [2.05, 4.69) is 6.92 Å². The molecule has 5 nitrogen and oxygen atoms in total. The summed E-state index contributed by atoms with van der Waals surface area (Å²) in [6.07, 6.45) is 6.65. The molecule has 1 aliphatic carbocycles. The van der Waals surface area contributed by atoms with Gasteiger partial charge in [-0.25, -0.2) is 4.79 Å². The second kappa shape index (κ2) is 6.95. The number of hydrogen-bond donors (Lipinski definition) is 1. The molecule has 0 aromatic heterocycles. The molecular weight excluding hydrogens is 256 g/mol. The second-order valence-electron chi connectivity index (χ2n) is 6.04. The molecule has 1 aliphatic heterocycles. The molecule has 5 heteroatoms. The molecule has 114 valence electrons. The highest BCUT2D eigenvalue weighted by atomic mass is 16.4. The highest BCUT2D eigenvalue weighted by Gasteiger charge is 2.35. The molecule has 20 heavy (non-hydrogen) atoms. The van der Waals surface area contributed by atoms with Crippen molar-refractivity contribution in [3.63, 3.8) is 0 Å². The molecule has 1 unspecified atom stereocenters. The number of nitrogens with zero attached hydrogens (tertiary/aromatic N) is 2. The lowest BCUT2D eigenvalue weighted by atomic mass is 9.98. The number of carbonyl (C=O) groups is 2. The minimum Gasteiger partial charge on any atom is -0.481 e. The summed E-state index contributed by atoms with van der Waals surface area (Å²) in [5, 5.41) is 8.82. The van der Waals surface area contributed by atoms with Crippen LogP contribution in [0.2, 0.25) is 0 Å². The fourth-order valence-electron chi connectivity index (χ4n) is 2.98. The average Bonchev–Trinajstić information content (AvgIpc) is 3.24. The second-order valence-corrected chi connectivity index (χ2v) is 6.04. The molecule has 1 atom stereocenters. The van der Waals surface area contributed by atoms with Gasteiger partial charge in [-0.15, -0.1) is 0 Å². The molecule has 2 fully saturated rings. The quantitative estimate of drug-likeness (QED) is 0.843. The van der Waals surface area contributed by atoms with E-state index in [-0.39, 0.29) is 18.5 Å². The van der Waals surface area contributed by atoms with Gasteiger partial charge in [0.25, 0.3) is 0 Å². The van der Waals surface area contributed by atoms with Crippen molar-refractivity contribution in [1.29, 1.82) is 0 Å². The van der Waals surface area contributed by atoms with Gasteiger partial charge in [-0.2, -0.15) is 0 Å². The van der Waals surface area contributed by atoms with Crippen molar-refractivity contribution in [2.45, 2.75) is 57.9 Å². The minimum absolute atomic E-state index is 0.0493. The molecule has 1 heterocycles. The van der Waals surface area contributed by atoms with Gasteiger partial charge in [0.2, 0.25) is 0 Å². The maximum atomic E-state index is 12.6. The third-order valence-corrected chi connectivity index (χ3v) is 4.50. The number of carboxylic acid groups (broad SMARTS) is 1. The van der Waals surface area contributed by atoms with Crippen molar-refractivity contribution in [1.82, 2.24) is 9.80 Å². The van der Waals surface area contributed by atoms with Crippen LogP contribution in [0.4, 0.5) is 4.79 Å². The van der Waals surface area contributed by atoms with Crippen LogP contribution in [0.15, 0.2) is 0 Å². The van der Waals surface area contributed by atoms with Gasteiger partial charge in [0.05, 0.1) is 6.42 Å². The Kier molecular flexibility index (Phi) is 5.26. The van der Waals surface area contributed by atoms with Crippen LogP contribution in [0.25, 0.3) is 0 Å². The number of carboxylic acids is 1. The fraction of sp³-hybridized carbons (Fsp3) is 0.867. The van der Waals surface area contributed by atoms with E-state index in [0.29, 0.717) is 6.54 Å². The van der Waals surface area contributed by atoms with Gasteiger partial charge in [0.15, 0.2) is 0 Å². The topological polar surface area (TPSA) is 60.9 Å². The predicted molar refractivity (Wildman–Crippen MR) is 76.6 cm³/mol. The normalized spacial score (nSPS) is 23.2. The number of amides is 2. The van der Waals surface area contributed by atoms with E-state index in [0.717, 1.165) is 44.7 Å². The molecule has 0 aromatic carbocycles. The van der Waals surface area contributed by atoms with E-state index < -0.39 is 5.97 Å². The summed E-state index contributed by atoms with van der Waals surface area (Å²) in [7, 11) is 0. The van der Waals surface area contributed by atoms with Crippen LogP contribution in [0.3, 0.4) is 0 Å². The first-order chi connectivity index (χ1) is 9.61. The van der Waals surface area contributed by atoms with Gasteiger partial charge in [0.1, 0.15) is 0 Å². The summed E-state index contributed by atoms with van der Waals surface area (Å²) in [5.74, 6) is -0.0912. The van der Waals surface area contributed by atoms with Crippen LogP contribution in [0.1, 0.15) is 51.9 Å². The van der Waals surface area contributed by atoms with E-state index >= 15 is 0 Å². The number of likely N-dealkylation sites (tertiary alicyclic amines) is 1. The summed E-state index contributed by atoms with van der Waals surface area (Å²) in [6, 6.07) is 0.345. The van der Waals surface area contributed by atoms with Crippen molar-refractivity contribution in [3.05, 3.63) is 0 Å². The Morgan fingerprint density at radius 3 is 2.55 bits per heavy atom. The van der Waals surface area contributed by atoms with Crippen molar-refractivity contribution in [2.75, 3.05) is 19.6 Å². The van der Waals surface area contributed by atoms with Crippen molar-refractivity contribution >= 4 is 12.0 Å². The monoisotopic (exact) mass is 282 g/mol. The zero-order chi connectivity index (χ0) is 14.5. The Hall–Kier alpha value is -1.26. The zero-order valence-corrected chi connectivity index (χ0v) is 12.4. The van der Waals surface area contributed by atoms with E-state index in [1.807, 2.05) is 4.90 Å². The first kappa shape index (κ1) is 15.1. The van der Waals surface area contributed by atoms with E-state index in [9.17, 15) is 9.59 Å². The zero-order valence-electron chi connectivity index (χ0n) is 12.4.